The summed E-state index contributed by atoms with van der Waals surface area (Å²) in [5, 5.41) is 9.70. The minimum atomic E-state index is -0.899. The van der Waals surface area contributed by atoms with Gasteiger partial charge in [0.25, 0.3) is 0 Å². The fourth-order valence-corrected chi connectivity index (χ4v) is 3.08. The molecule has 78 valence electrons. The smallest absolute Gasteiger partial charge is 0.347 e. The number of carboxylic acid groups (broad SMARTS) is 1. The number of rotatable bonds is 2. The van der Waals surface area contributed by atoms with E-state index >= 15 is 0 Å². The van der Waals surface area contributed by atoms with Crippen molar-refractivity contribution >= 4 is 28.6 Å². The number of aromatic nitrogens is 1. The summed E-state index contributed by atoms with van der Waals surface area (Å²) in [6.07, 6.45) is 0. The Morgan fingerprint density at radius 3 is 2.53 bits per heavy atom. The maximum atomic E-state index is 10.8. The van der Waals surface area contributed by atoms with E-state index < -0.39 is 5.97 Å². The van der Waals surface area contributed by atoms with E-state index in [4.69, 9.17) is 5.11 Å². The summed E-state index contributed by atoms with van der Waals surface area (Å²) in [6.45, 7) is 3.75. The van der Waals surface area contributed by atoms with Crippen LogP contribution in [0.25, 0.3) is 9.88 Å². The summed E-state index contributed by atoms with van der Waals surface area (Å²) in [5.41, 5.74) is 0.591. The molecule has 0 aliphatic heterocycles. The van der Waals surface area contributed by atoms with Gasteiger partial charge in [-0.05, 0) is 26.0 Å². The minimum absolute atomic E-state index is 0.330. The molecule has 15 heavy (non-hydrogen) atoms. The van der Waals surface area contributed by atoms with Gasteiger partial charge in [-0.25, -0.2) is 9.78 Å². The van der Waals surface area contributed by atoms with Crippen molar-refractivity contribution in [3.8, 4) is 9.88 Å². The second-order valence-electron chi connectivity index (χ2n) is 3.15. The van der Waals surface area contributed by atoms with Gasteiger partial charge >= 0.3 is 5.97 Å². The van der Waals surface area contributed by atoms with Crippen LogP contribution < -0.4 is 0 Å². The number of aromatic carboxylic acids is 1. The van der Waals surface area contributed by atoms with E-state index in [1.807, 2.05) is 19.1 Å². The molecule has 0 spiro atoms. The summed E-state index contributed by atoms with van der Waals surface area (Å²) < 4.78 is 0. The number of hydrogen-bond acceptors (Lipinski definition) is 4. The molecular weight excluding hydrogens is 230 g/mol. The second-order valence-corrected chi connectivity index (χ2v) is 5.44. The van der Waals surface area contributed by atoms with Crippen LogP contribution in [0.15, 0.2) is 12.1 Å². The van der Waals surface area contributed by atoms with Gasteiger partial charge in [0.15, 0.2) is 0 Å². The molecule has 0 saturated carbocycles. The Bertz CT molecular complexity index is 513. The van der Waals surface area contributed by atoms with Gasteiger partial charge in [0.2, 0.25) is 0 Å². The van der Waals surface area contributed by atoms with Crippen LogP contribution in [-0.2, 0) is 0 Å². The zero-order valence-electron chi connectivity index (χ0n) is 8.27. The van der Waals surface area contributed by atoms with Gasteiger partial charge in [-0.1, -0.05) is 0 Å². The van der Waals surface area contributed by atoms with Crippen LogP contribution in [0.2, 0.25) is 0 Å². The lowest BCUT2D eigenvalue weighted by atomic mass is 10.4. The predicted octanol–water partition coefficient (Wildman–Crippen LogP) is 3.19. The normalized spacial score (nSPS) is 10.5. The molecule has 0 aliphatic carbocycles. The number of hydrogen-bond donors (Lipinski definition) is 1. The van der Waals surface area contributed by atoms with Crippen LogP contribution in [0.3, 0.4) is 0 Å². The van der Waals surface area contributed by atoms with E-state index in [0.29, 0.717) is 10.6 Å². The quantitative estimate of drug-likeness (QED) is 0.875. The molecular formula is C10H9NO2S2. The predicted molar refractivity (Wildman–Crippen MR) is 61.9 cm³/mol. The van der Waals surface area contributed by atoms with E-state index in [9.17, 15) is 4.79 Å². The van der Waals surface area contributed by atoms with E-state index in [2.05, 4.69) is 4.98 Å². The maximum Gasteiger partial charge on any atom is 0.347 e. The van der Waals surface area contributed by atoms with Crippen molar-refractivity contribution in [1.82, 2.24) is 4.98 Å². The Morgan fingerprint density at radius 1 is 1.33 bits per heavy atom. The van der Waals surface area contributed by atoms with Gasteiger partial charge in [-0.2, -0.15) is 0 Å². The largest absolute Gasteiger partial charge is 0.477 e. The van der Waals surface area contributed by atoms with Crippen molar-refractivity contribution in [2.75, 3.05) is 0 Å². The van der Waals surface area contributed by atoms with E-state index in [-0.39, 0.29) is 0 Å². The second kappa shape index (κ2) is 3.75. The Kier molecular flexibility index (Phi) is 2.58. The highest BCUT2D eigenvalue weighted by atomic mass is 32.1. The lowest BCUT2D eigenvalue weighted by Crippen LogP contribution is -1.94. The lowest BCUT2D eigenvalue weighted by molar-refractivity contribution is 0.0701. The zero-order valence-corrected chi connectivity index (χ0v) is 9.91. The average molecular weight is 239 g/mol. The third kappa shape index (κ3) is 1.93. The zero-order chi connectivity index (χ0) is 11.0. The van der Waals surface area contributed by atoms with Crippen LogP contribution >= 0.6 is 22.7 Å². The number of carbonyl (C=O) groups is 1. The van der Waals surface area contributed by atoms with Gasteiger partial charge in [0.1, 0.15) is 9.88 Å². The third-order valence-corrected chi connectivity index (χ3v) is 4.26. The summed E-state index contributed by atoms with van der Waals surface area (Å²) >= 11 is 2.86. The number of nitrogens with zero attached hydrogens (tertiary/aromatic N) is 1. The van der Waals surface area contributed by atoms with Crippen LogP contribution in [0.1, 0.15) is 20.2 Å². The molecule has 0 radical (unpaired) electrons. The molecule has 1 N–H and O–H groups in total. The van der Waals surface area contributed by atoms with Crippen LogP contribution in [0.4, 0.5) is 0 Å². The molecule has 0 bridgehead atoms. The molecule has 0 amide bonds. The minimum Gasteiger partial charge on any atom is -0.477 e. The van der Waals surface area contributed by atoms with Gasteiger partial charge in [-0.3, -0.25) is 0 Å². The van der Waals surface area contributed by atoms with Gasteiger partial charge in [0, 0.05) is 4.88 Å². The topological polar surface area (TPSA) is 50.2 Å². The first-order valence-corrected chi connectivity index (χ1v) is 5.99. The lowest BCUT2D eigenvalue weighted by Gasteiger charge is -1.85. The van der Waals surface area contributed by atoms with Crippen molar-refractivity contribution in [1.29, 1.82) is 0 Å². The van der Waals surface area contributed by atoms with E-state index in [0.717, 1.165) is 9.88 Å². The average Bonchev–Trinajstić information content (AvgIpc) is 2.71. The van der Waals surface area contributed by atoms with Crippen molar-refractivity contribution in [2.45, 2.75) is 13.8 Å². The highest BCUT2D eigenvalue weighted by molar-refractivity contribution is 7.22. The monoisotopic (exact) mass is 239 g/mol. The van der Waals surface area contributed by atoms with Crippen LogP contribution in [-0.4, -0.2) is 16.1 Å². The van der Waals surface area contributed by atoms with Crippen LogP contribution in [0, 0.1) is 13.8 Å². The standard InChI is InChI=1S/C10H9NO2S2/c1-5-3-4-7(14-5)9-11-6(2)8(15-9)10(12)13/h3-4H,1-2H3,(H,12,13). The highest BCUT2D eigenvalue weighted by Gasteiger charge is 2.15. The molecule has 3 nitrogen and oxygen atoms in total. The summed E-state index contributed by atoms with van der Waals surface area (Å²) in [6, 6.07) is 3.99. The molecule has 0 fully saturated rings. The Hall–Kier alpha value is -1.20. The fraction of sp³-hybridized carbons (Fsp3) is 0.200. The van der Waals surface area contributed by atoms with E-state index in [1.54, 1.807) is 18.3 Å². The van der Waals surface area contributed by atoms with Gasteiger partial charge < -0.3 is 5.11 Å². The number of carboxylic acids is 1. The van der Waals surface area contributed by atoms with E-state index in [1.165, 1.54) is 16.2 Å². The Labute approximate surface area is 95.0 Å². The van der Waals surface area contributed by atoms with Gasteiger partial charge in [0.05, 0.1) is 10.6 Å². The summed E-state index contributed by atoms with van der Waals surface area (Å²) in [4.78, 5) is 17.7. The van der Waals surface area contributed by atoms with Crippen molar-refractivity contribution in [2.24, 2.45) is 0 Å². The molecule has 2 rings (SSSR count). The molecule has 0 atom stereocenters. The SMILES string of the molecule is Cc1ccc(-c2nc(C)c(C(=O)O)s2)s1. The first kappa shape index (κ1) is 10.3. The van der Waals surface area contributed by atoms with Gasteiger partial charge in [-0.15, -0.1) is 22.7 Å². The number of thiazole rings is 1. The molecule has 0 saturated heterocycles. The molecule has 2 aromatic rings. The number of aryl methyl sites for hydroxylation is 2. The maximum absolute atomic E-state index is 10.8. The van der Waals surface area contributed by atoms with Crippen molar-refractivity contribution < 1.29 is 9.90 Å². The first-order valence-electron chi connectivity index (χ1n) is 4.35. The Balaban J connectivity index is 2.46. The highest BCUT2D eigenvalue weighted by Crippen LogP contribution is 2.32. The molecule has 0 aromatic carbocycles. The molecule has 0 aliphatic rings. The summed E-state index contributed by atoms with van der Waals surface area (Å²) in [5.74, 6) is -0.899. The summed E-state index contributed by atoms with van der Waals surface area (Å²) in [7, 11) is 0. The Morgan fingerprint density at radius 2 is 2.07 bits per heavy atom. The van der Waals surface area contributed by atoms with Crippen LogP contribution in [0.5, 0.6) is 0 Å². The molecule has 2 heterocycles. The van der Waals surface area contributed by atoms with Crippen molar-refractivity contribution in [3.63, 3.8) is 0 Å². The first-order chi connectivity index (χ1) is 7.08. The molecule has 0 unspecified atom stereocenters. The molecule has 5 heteroatoms. The third-order valence-electron chi connectivity index (χ3n) is 1.94. The molecule has 2 aromatic heterocycles. The van der Waals surface area contributed by atoms with Crippen molar-refractivity contribution in [3.05, 3.63) is 27.6 Å². The number of thiophene rings is 1. The fourth-order valence-electron chi connectivity index (χ4n) is 1.25.